The van der Waals surface area contributed by atoms with E-state index in [0.717, 1.165) is 29.8 Å². The second-order valence-corrected chi connectivity index (χ2v) is 5.81. The molecular weight excluding hydrogens is 262 g/mol. The fraction of sp³-hybridized carbons (Fsp3) is 0.353. The molecule has 0 spiro atoms. The van der Waals surface area contributed by atoms with E-state index < -0.39 is 0 Å². The number of hydrogen-bond donors (Lipinski definition) is 1. The van der Waals surface area contributed by atoms with Crippen molar-refractivity contribution in [3.05, 3.63) is 54.1 Å². The van der Waals surface area contributed by atoms with Crippen molar-refractivity contribution in [1.82, 2.24) is 15.1 Å². The van der Waals surface area contributed by atoms with E-state index >= 15 is 0 Å². The van der Waals surface area contributed by atoms with Crippen LogP contribution in [0.1, 0.15) is 25.2 Å². The standard InChI is InChI=1S/C17H21N3O/c1-13(2)8-18-9-14-7-16(21-12-14)11-20-17-6-4-3-5-15(17)10-19-20/h3-7,10,12-13,18H,8-9,11H2,1-2H3. The Morgan fingerprint density at radius 3 is 3.00 bits per heavy atom. The average molecular weight is 283 g/mol. The minimum atomic E-state index is 0.659. The number of rotatable bonds is 6. The second-order valence-electron chi connectivity index (χ2n) is 5.81. The molecule has 1 aromatic carbocycles. The lowest BCUT2D eigenvalue weighted by Gasteiger charge is -2.04. The lowest BCUT2D eigenvalue weighted by molar-refractivity contribution is 0.481. The summed E-state index contributed by atoms with van der Waals surface area (Å²) in [5.74, 6) is 1.59. The molecule has 4 nitrogen and oxygen atoms in total. The van der Waals surface area contributed by atoms with Gasteiger partial charge in [0, 0.05) is 17.5 Å². The SMILES string of the molecule is CC(C)CNCc1coc(Cn2ncc3ccccc32)c1. The third-order valence-electron chi connectivity index (χ3n) is 3.45. The Hall–Kier alpha value is -2.07. The molecule has 0 saturated heterocycles. The van der Waals surface area contributed by atoms with Crippen molar-refractivity contribution < 1.29 is 4.42 Å². The Kier molecular flexibility index (Phi) is 4.06. The van der Waals surface area contributed by atoms with Crippen molar-refractivity contribution >= 4 is 10.9 Å². The zero-order chi connectivity index (χ0) is 14.7. The molecule has 2 heterocycles. The van der Waals surface area contributed by atoms with Crippen LogP contribution in [0, 0.1) is 5.92 Å². The number of aromatic nitrogens is 2. The molecule has 3 aromatic rings. The zero-order valence-electron chi connectivity index (χ0n) is 12.5. The van der Waals surface area contributed by atoms with Gasteiger partial charge in [-0.2, -0.15) is 5.10 Å². The predicted molar refractivity (Wildman–Crippen MR) is 84.1 cm³/mol. The molecule has 0 amide bonds. The molecule has 2 aromatic heterocycles. The van der Waals surface area contributed by atoms with Crippen molar-refractivity contribution in [2.45, 2.75) is 26.9 Å². The molecule has 0 atom stereocenters. The highest BCUT2D eigenvalue weighted by Gasteiger charge is 2.06. The van der Waals surface area contributed by atoms with Gasteiger partial charge in [0.15, 0.2) is 0 Å². The number of benzene rings is 1. The van der Waals surface area contributed by atoms with E-state index in [2.05, 4.69) is 42.5 Å². The largest absolute Gasteiger partial charge is 0.467 e. The fourth-order valence-corrected chi connectivity index (χ4v) is 2.41. The van der Waals surface area contributed by atoms with Crippen LogP contribution >= 0.6 is 0 Å². The Balaban J connectivity index is 1.67. The maximum Gasteiger partial charge on any atom is 0.125 e. The lowest BCUT2D eigenvalue weighted by Crippen LogP contribution is -2.18. The van der Waals surface area contributed by atoms with Crippen LogP contribution in [-0.2, 0) is 13.1 Å². The van der Waals surface area contributed by atoms with E-state index in [1.807, 2.05) is 29.3 Å². The molecule has 4 heteroatoms. The lowest BCUT2D eigenvalue weighted by atomic mass is 10.2. The number of para-hydroxylation sites is 1. The average Bonchev–Trinajstić information content (AvgIpc) is 3.07. The minimum absolute atomic E-state index is 0.659. The van der Waals surface area contributed by atoms with Gasteiger partial charge in [-0.25, -0.2) is 0 Å². The quantitative estimate of drug-likeness (QED) is 0.753. The van der Waals surface area contributed by atoms with Gasteiger partial charge in [0.1, 0.15) is 5.76 Å². The van der Waals surface area contributed by atoms with Gasteiger partial charge in [-0.1, -0.05) is 32.0 Å². The van der Waals surface area contributed by atoms with E-state index in [-0.39, 0.29) is 0 Å². The summed E-state index contributed by atoms with van der Waals surface area (Å²) in [5.41, 5.74) is 2.32. The number of hydrogen-bond acceptors (Lipinski definition) is 3. The van der Waals surface area contributed by atoms with Crippen molar-refractivity contribution in [2.24, 2.45) is 5.92 Å². The maximum absolute atomic E-state index is 5.64. The normalized spacial score (nSPS) is 11.6. The summed E-state index contributed by atoms with van der Waals surface area (Å²) in [6, 6.07) is 10.3. The highest BCUT2D eigenvalue weighted by Crippen LogP contribution is 2.16. The molecule has 0 aliphatic carbocycles. The number of fused-ring (bicyclic) bond motifs is 1. The molecule has 0 saturated carbocycles. The van der Waals surface area contributed by atoms with Gasteiger partial charge in [0.05, 0.1) is 24.5 Å². The van der Waals surface area contributed by atoms with E-state index in [4.69, 9.17) is 4.42 Å². The van der Waals surface area contributed by atoms with Crippen molar-refractivity contribution in [2.75, 3.05) is 6.54 Å². The summed E-state index contributed by atoms with van der Waals surface area (Å²) in [4.78, 5) is 0. The highest BCUT2D eigenvalue weighted by atomic mass is 16.3. The van der Waals surface area contributed by atoms with Crippen molar-refractivity contribution in [3.8, 4) is 0 Å². The van der Waals surface area contributed by atoms with Gasteiger partial charge in [-0.3, -0.25) is 4.68 Å². The van der Waals surface area contributed by atoms with E-state index in [0.29, 0.717) is 12.5 Å². The summed E-state index contributed by atoms with van der Waals surface area (Å²) in [6.45, 7) is 6.94. The van der Waals surface area contributed by atoms with Gasteiger partial charge < -0.3 is 9.73 Å². The third kappa shape index (κ3) is 3.34. The third-order valence-corrected chi connectivity index (χ3v) is 3.45. The molecular formula is C17H21N3O. The van der Waals surface area contributed by atoms with Crippen LogP contribution in [0.4, 0.5) is 0 Å². The molecule has 1 N–H and O–H groups in total. The summed E-state index contributed by atoms with van der Waals surface area (Å²) < 4.78 is 7.62. The first-order valence-electron chi connectivity index (χ1n) is 7.40. The van der Waals surface area contributed by atoms with E-state index in [1.54, 1.807) is 0 Å². The monoisotopic (exact) mass is 283 g/mol. The first-order chi connectivity index (χ1) is 10.2. The van der Waals surface area contributed by atoms with Gasteiger partial charge >= 0.3 is 0 Å². The fourth-order valence-electron chi connectivity index (χ4n) is 2.41. The smallest absolute Gasteiger partial charge is 0.125 e. The number of nitrogens with one attached hydrogen (secondary N) is 1. The number of furan rings is 1. The zero-order valence-corrected chi connectivity index (χ0v) is 12.5. The van der Waals surface area contributed by atoms with Crippen LogP contribution in [-0.4, -0.2) is 16.3 Å². The molecule has 0 aliphatic rings. The number of nitrogens with zero attached hydrogens (tertiary/aromatic N) is 2. The van der Waals surface area contributed by atoms with Crippen molar-refractivity contribution in [3.63, 3.8) is 0 Å². The topological polar surface area (TPSA) is 43.0 Å². The maximum atomic E-state index is 5.64. The summed E-state index contributed by atoms with van der Waals surface area (Å²) in [6.07, 6.45) is 3.72. The van der Waals surface area contributed by atoms with Gasteiger partial charge in [0.2, 0.25) is 0 Å². The van der Waals surface area contributed by atoms with Crippen molar-refractivity contribution in [1.29, 1.82) is 0 Å². The Morgan fingerprint density at radius 2 is 2.14 bits per heavy atom. The van der Waals surface area contributed by atoms with Gasteiger partial charge in [-0.15, -0.1) is 0 Å². The molecule has 21 heavy (non-hydrogen) atoms. The van der Waals surface area contributed by atoms with Crippen LogP contribution < -0.4 is 5.32 Å². The molecule has 110 valence electrons. The first-order valence-corrected chi connectivity index (χ1v) is 7.40. The molecule has 0 fully saturated rings. The summed E-state index contributed by atoms with van der Waals surface area (Å²) in [5, 5.41) is 9.00. The van der Waals surface area contributed by atoms with Gasteiger partial charge in [0.25, 0.3) is 0 Å². The molecule has 0 aliphatic heterocycles. The van der Waals surface area contributed by atoms with Crippen LogP contribution in [0.2, 0.25) is 0 Å². The molecule has 0 radical (unpaired) electrons. The van der Waals surface area contributed by atoms with Crippen LogP contribution in [0.15, 0.2) is 47.2 Å². The summed E-state index contributed by atoms with van der Waals surface area (Å²) in [7, 11) is 0. The second kappa shape index (κ2) is 6.14. The summed E-state index contributed by atoms with van der Waals surface area (Å²) >= 11 is 0. The predicted octanol–water partition coefficient (Wildman–Crippen LogP) is 3.42. The van der Waals surface area contributed by atoms with E-state index in [9.17, 15) is 0 Å². The minimum Gasteiger partial charge on any atom is -0.467 e. The van der Waals surface area contributed by atoms with Crippen LogP contribution in [0.5, 0.6) is 0 Å². The van der Waals surface area contributed by atoms with Crippen LogP contribution in [0.25, 0.3) is 10.9 Å². The molecule has 0 unspecified atom stereocenters. The Morgan fingerprint density at radius 1 is 1.29 bits per heavy atom. The highest BCUT2D eigenvalue weighted by molar-refractivity contribution is 5.78. The Bertz CT molecular complexity index is 711. The Labute approximate surface area is 124 Å². The van der Waals surface area contributed by atoms with E-state index in [1.165, 1.54) is 5.56 Å². The molecule has 3 rings (SSSR count). The first kappa shape index (κ1) is 13.9. The van der Waals surface area contributed by atoms with Crippen LogP contribution in [0.3, 0.4) is 0 Å². The van der Waals surface area contributed by atoms with Gasteiger partial charge in [-0.05, 0) is 24.6 Å². The molecule has 0 bridgehead atoms.